The first-order valence-corrected chi connectivity index (χ1v) is 8.95. The molecule has 0 aliphatic carbocycles. The van der Waals surface area contributed by atoms with Crippen LogP contribution in [-0.2, 0) is 4.79 Å². The Kier molecular flexibility index (Phi) is 6.50. The Labute approximate surface area is 150 Å². The van der Waals surface area contributed by atoms with E-state index in [9.17, 15) is 4.79 Å². The van der Waals surface area contributed by atoms with Gasteiger partial charge < -0.3 is 10.2 Å². The number of nitrogens with zero attached hydrogens (tertiary/aromatic N) is 1. The average molecular weight is 347 g/mol. The van der Waals surface area contributed by atoms with Crippen LogP contribution >= 0.6 is 11.6 Å². The summed E-state index contributed by atoms with van der Waals surface area (Å²) in [6.45, 7) is 9.89. The zero-order valence-electron chi connectivity index (χ0n) is 14.9. The van der Waals surface area contributed by atoms with Crippen molar-refractivity contribution in [1.29, 1.82) is 0 Å². The summed E-state index contributed by atoms with van der Waals surface area (Å²) in [6, 6.07) is 6.01. The van der Waals surface area contributed by atoms with E-state index < -0.39 is 0 Å². The predicted molar refractivity (Wildman–Crippen MR) is 102 cm³/mol. The summed E-state index contributed by atoms with van der Waals surface area (Å²) in [6.07, 6.45) is 4.96. The Balaban J connectivity index is 1.98. The second kappa shape index (κ2) is 8.39. The zero-order chi connectivity index (χ0) is 17.7. The van der Waals surface area contributed by atoms with Gasteiger partial charge in [-0.25, -0.2) is 0 Å². The lowest BCUT2D eigenvalue weighted by Crippen LogP contribution is -2.28. The third-order valence-electron chi connectivity index (χ3n) is 4.59. The van der Waals surface area contributed by atoms with Crippen LogP contribution in [0.5, 0.6) is 0 Å². The summed E-state index contributed by atoms with van der Waals surface area (Å²) in [5.74, 6) is 0.0871. The van der Waals surface area contributed by atoms with Crippen LogP contribution in [0.25, 0.3) is 5.57 Å². The van der Waals surface area contributed by atoms with Crippen LogP contribution in [0.15, 0.2) is 36.6 Å². The smallest absolute Gasteiger partial charge is 0.231 e. The average Bonchev–Trinajstić information content (AvgIpc) is 2.88. The minimum Gasteiger partial charge on any atom is -0.388 e. The minimum absolute atomic E-state index is 0.0819. The summed E-state index contributed by atoms with van der Waals surface area (Å²) in [5.41, 5.74) is 4.55. The number of benzene rings is 1. The molecule has 1 saturated heterocycles. The van der Waals surface area contributed by atoms with Crippen molar-refractivity contribution in [2.24, 2.45) is 5.92 Å². The highest BCUT2D eigenvalue weighted by Gasteiger charge is 2.30. The number of allylic oxidation sites excluding steroid dienone is 1. The van der Waals surface area contributed by atoms with E-state index in [1.165, 1.54) is 16.7 Å². The standard InChI is InChI=1S/C20H27ClN2O/c1-5-6-16(19-13-17(21)8-7-14(19)2)9-11-22-15(3)18-10-12-23(4)20(18)24/h6-8,13,18,22H,3,5,9-12H2,1-2,4H3/b16-6-. The number of rotatable bonds is 7. The number of halogens is 1. The molecule has 1 heterocycles. The molecule has 1 amide bonds. The molecule has 1 aromatic rings. The molecule has 130 valence electrons. The molecule has 4 heteroatoms. The summed E-state index contributed by atoms with van der Waals surface area (Å²) in [5, 5.41) is 4.11. The first-order valence-electron chi connectivity index (χ1n) is 8.57. The third kappa shape index (κ3) is 4.41. The molecule has 1 fully saturated rings. The van der Waals surface area contributed by atoms with Crippen molar-refractivity contribution >= 4 is 23.1 Å². The van der Waals surface area contributed by atoms with Crippen LogP contribution in [0.2, 0.25) is 5.02 Å². The second-order valence-corrected chi connectivity index (χ2v) is 6.84. The Bertz CT molecular complexity index is 651. The fourth-order valence-electron chi connectivity index (χ4n) is 3.16. The number of carbonyl (C=O) groups is 1. The monoisotopic (exact) mass is 346 g/mol. The molecule has 0 saturated carbocycles. The zero-order valence-corrected chi connectivity index (χ0v) is 15.6. The molecule has 2 rings (SSSR count). The molecule has 24 heavy (non-hydrogen) atoms. The molecular weight excluding hydrogens is 320 g/mol. The van der Waals surface area contributed by atoms with Crippen molar-refractivity contribution in [3.63, 3.8) is 0 Å². The van der Waals surface area contributed by atoms with Gasteiger partial charge in [-0.1, -0.05) is 37.2 Å². The lowest BCUT2D eigenvalue weighted by atomic mass is 9.97. The predicted octanol–water partition coefficient (Wildman–Crippen LogP) is 4.41. The Morgan fingerprint density at radius 2 is 2.25 bits per heavy atom. The summed E-state index contributed by atoms with van der Waals surface area (Å²) in [7, 11) is 1.85. The fourth-order valence-corrected chi connectivity index (χ4v) is 3.33. The Hall–Kier alpha value is -1.74. The van der Waals surface area contributed by atoms with Crippen molar-refractivity contribution in [1.82, 2.24) is 10.2 Å². The fraction of sp³-hybridized carbons (Fsp3) is 0.450. The number of likely N-dealkylation sites (tertiary alicyclic amines) is 1. The van der Waals surface area contributed by atoms with Crippen molar-refractivity contribution in [2.75, 3.05) is 20.1 Å². The molecule has 0 aromatic heterocycles. The molecule has 1 atom stereocenters. The molecular formula is C20H27ClN2O. The van der Waals surface area contributed by atoms with Crippen LogP contribution in [0.1, 0.15) is 37.3 Å². The largest absolute Gasteiger partial charge is 0.388 e. The van der Waals surface area contributed by atoms with Gasteiger partial charge in [0.25, 0.3) is 0 Å². The molecule has 0 spiro atoms. The van der Waals surface area contributed by atoms with Gasteiger partial charge in [-0.15, -0.1) is 0 Å². The normalized spacial score (nSPS) is 18.2. The number of hydrogen-bond donors (Lipinski definition) is 1. The quantitative estimate of drug-likeness (QED) is 0.793. The van der Waals surface area contributed by atoms with Crippen molar-refractivity contribution in [3.05, 3.63) is 52.7 Å². The van der Waals surface area contributed by atoms with Crippen molar-refractivity contribution < 1.29 is 4.79 Å². The first-order chi connectivity index (χ1) is 11.4. The van der Waals surface area contributed by atoms with E-state index in [0.717, 1.165) is 43.1 Å². The van der Waals surface area contributed by atoms with Gasteiger partial charge in [0.15, 0.2) is 0 Å². The van der Waals surface area contributed by atoms with Crippen LogP contribution < -0.4 is 5.32 Å². The van der Waals surface area contributed by atoms with Gasteiger partial charge in [-0.3, -0.25) is 4.79 Å². The molecule has 1 aliphatic rings. The second-order valence-electron chi connectivity index (χ2n) is 6.40. The number of aryl methyl sites for hydroxylation is 1. The van der Waals surface area contributed by atoms with Gasteiger partial charge in [-0.05, 0) is 55.0 Å². The Morgan fingerprint density at radius 1 is 1.50 bits per heavy atom. The maximum Gasteiger partial charge on any atom is 0.231 e. The maximum absolute atomic E-state index is 12.0. The third-order valence-corrected chi connectivity index (χ3v) is 4.83. The van der Waals surface area contributed by atoms with E-state index in [1.54, 1.807) is 4.90 Å². The maximum atomic E-state index is 12.0. The summed E-state index contributed by atoms with van der Waals surface area (Å²) in [4.78, 5) is 13.8. The van der Waals surface area contributed by atoms with Gasteiger partial charge >= 0.3 is 0 Å². The van der Waals surface area contributed by atoms with E-state index in [0.29, 0.717) is 0 Å². The van der Waals surface area contributed by atoms with Crippen molar-refractivity contribution in [3.8, 4) is 0 Å². The molecule has 0 bridgehead atoms. The molecule has 1 unspecified atom stereocenters. The summed E-state index contributed by atoms with van der Waals surface area (Å²) < 4.78 is 0. The highest BCUT2D eigenvalue weighted by Crippen LogP contribution is 2.26. The van der Waals surface area contributed by atoms with Gasteiger partial charge in [0.2, 0.25) is 5.91 Å². The van der Waals surface area contributed by atoms with E-state index in [4.69, 9.17) is 11.6 Å². The van der Waals surface area contributed by atoms with Crippen molar-refractivity contribution in [2.45, 2.75) is 33.1 Å². The molecule has 0 radical (unpaired) electrons. The lowest BCUT2D eigenvalue weighted by Gasteiger charge is -2.17. The highest BCUT2D eigenvalue weighted by molar-refractivity contribution is 6.30. The summed E-state index contributed by atoms with van der Waals surface area (Å²) >= 11 is 6.16. The molecule has 3 nitrogen and oxygen atoms in total. The molecule has 1 aromatic carbocycles. The highest BCUT2D eigenvalue weighted by atomic mass is 35.5. The number of carbonyl (C=O) groups excluding carboxylic acids is 1. The van der Waals surface area contributed by atoms with Gasteiger partial charge in [0.05, 0.1) is 5.92 Å². The van der Waals surface area contributed by atoms with Crippen LogP contribution in [0.3, 0.4) is 0 Å². The van der Waals surface area contributed by atoms with Crippen LogP contribution in [0.4, 0.5) is 0 Å². The lowest BCUT2D eigenvalue weighted by molar-refractivity contribution is -0.129. The first kappa shape index (κ1) is 18.6. The minimum atomic E-state index is -0.0819. The number of nitrogens with one attached hydrogen (secondary N) is 1. The van der Waals surface area contributed by atoms with E-state index in [1.807, 2.05) is 19.2 Å². The van der Waals surface area contributed by atoms with Crippen LogP contribution in [0, 0.1) is 12.8 Å². The molecule has 1 aliphatic heterocycles. The SMILES string of the molecule is C=C(NCC/C(=C/CC)c1cc(Cl)ccc1C)C1CCN(C)C1=O. The van der Waals surface area contributed by atoms with E-state index in [-0.39, 0.29) is 11.8 Å². The van der Waals surface area contributed by atoms with Gasteiger partial charge in [0, 0.05) is 30.9 Å². The number of amides is 1. The Morgan fingerprint density at radius 3 is 2.88 bits per heavy atom. The molecule has 1 N–H and O–H groups in total. The van der Waals surface area contributed by atoms with E-state index >= 15 is 0 Å². The van der Waals surface area contributed by atoms with E-state index in [2.05, 4.69) is 37.9 Å². The van der Waals surface area contributed by atoms with Gasteiger partial charge in [0.1, 0.15) is 0 Å². The topological polar surface area (TPSA) is 32.3 Å². The number of hydrogen-bond acceptors (Lipinski definition) is 2. The van der Waals surface area contributed by atoms with Gasteiger partial charge in [-0.2, -0.15) is 0 Å². The van der Waals surface area contributed by atoms with Crippen LogP contribution in [-0.4, -0.2) is 30.9 Å².